The summed E-state index contributed by atoms with van der Waals surface area (Å²) >= 11 is 0. The number of H-pyrrole nitrogens is 2. The van der Waals surface area contributed by atoms with Gasteiger partial charge in [0.1, 0.15) is 17.0 Å². The molecular formula is C26H18FN5. The van der Waals surface area contributed by atoms with Crippen LogP contribution in [-0.4, -0.2) is 25.1 Å². The Kier molecular flexibility index (Phi) is 4.11. The molecule has 32 heavy (non-hydrogen) atoms. The number of aromatic amines is 2. The zero-order valence-corrected chi connectivity index (χ0v) is 17.2. The second kappa shape index (κ2) is 7.13. The van der Waals surface area contributed by atoms with Crippen LogP contribution in [0.25, 0.3) is 55.7 Å². The number of nitrogens with zero attached hydrogens (tertiary/aromatic N) is 3. The third-order valence-electron chi connectivity index (χ3n) is 5.64. The van der Waals surface area contributed by atoms with Gasteiger partial charge in [0.15, 0.2) is 0 Å². The highest BCUT2D eigenvalue weighted by molar-refractivity contribution is 6.00. The molecule has 2 aromatic carbocycles. The van der Waals surface area contributed by atoms with Gasteiger partial charge in [-0.3, -0.25) is 10.1 Å². The molecule has 4 aromatic heterocycles. The zero-order chi connectivity index (χ0) is 21.7. The van der Waals surface area contributed by atoms with Crippen LogP contribution in [0, 0.1) is 12.7 Å². The first kappa shape index (κ1) is 18.4. The van der Waals surface area contributed by atoms with Gasteiger partial charge < -0.3 is 4.98 Å². The third kappa shape index (κ3) is 3.04. The minimum atomic E-state index is -0.238. The van der Waals surface area contributed by atoms with Gasteiger partial charge in [-0.25, -0.2) is 9.37 Å². The molecule has 0 saturated heterocycles. The Labute approximate surface area is 183 Å². The highest BCUT2D eigenvalue weighted by Crippen LogP contribution is 2.34. The quantitative estimate of drug-likeness (QED) is 0.354. The summed E-state index contributed by atoms with van der Waals surface area (Å²) in [7, 11) is 0. The Morgan fingerprint density at radius 3 is 2.66 bits per heavy atom. The summed E-state index contributed by atoms with van der Waals surface area (Å²) in [6.45, 7) is 1.90. The van der Waals surface area contributed by atoms with Crippen molar-refractivity contribution in [1.82, 2.24) is 25.1 Å². The lowest BCUT2D eigenvalue weighted by Gasteiger charge is -2.05. The van der Waals surface area contributed by atoms with Crippen molar-refractivity contribution in [2.75, 3.05) is 0 Å². The first-order valence-electron chi connectivity index (χ1n) is 10.3. The molecule has 0 aliphatic carbocycles. The van der Waals surface area contributed by atoms with Crippen LogP contribution in [0.1, 0.15) is 5.56 Å². The van der Waals surface area contributed by atoms with Crippen LogP contribution in [0.4, 0.5) is 4.39 Å². The van der Waals surface area contributed by atoms with Crippen LogP contribution in [0.3, 0.4) is 0 Å². The normalized spacial score (nSPS) is 11.4. The van der Waals surface area contributed by atoms with Crippen LogP contribution in [-0.2, 0) is 0 Å². The van der Waals surface area contributed by atoms with Crippen LogP contribution in [0.2, 0.25) is 0 Å². The summed E-state index contributed by atoms with van der Waals surface area (Å²) in [5, 5.41) is 8.61. The van der Waals surface area contributed by atoms with E-state index in [9.17, 15) is 4.39 Å². The standard InChI is InChI=1S/C26H18FN5/c1-15-10-17(12-18(27)11-15)19-5-2-6-22-20(19)13-24(29-22)26-25-23(31-32-26)8-7-21(30-25)16-4-3-9-28-14-16/h2-14,29H,1H3,(H,31,32). The van der Waals surface area contributed by atoms with Gasteiger partial charge in [0.2, 0.25) is 0 Å². The smallest absolute Gasteiger partial charge is 0.135 e. The van der Waals surface area contributed by atoms with Crippen molar-refractivity contribution < 1.29 is 4.39 Å². The van der Waals surface area contributed by atoms with Gasteiger partial charge in [-0.2, -0.15) is 5.10 Å². The van der Waals surface area contributed by atoms with E-state index in [4.69, 9.17) is 4.98 Å². The molecule has 0 radical (unpaired) electrons. The van der Waals surface area contributed by atoms with Gasteiger partial charge >= 0.3 is 0 Å². The van der Waals surface area contributed by atoms with Crippen molar-refractivity contribution >= 4 is 21.9 Å². The lowest BCUT2D eigenvalue weighted by molar-refractivity contribution is 0.627. The Morgan fingerprint density at radius 1 is 0.875 bits per heavy atom. The lowest BCUT2D eigenvalue weighted by Crippen LogP contribution is -1.86. The van der Waals surface area contributed by atoms with Crippen LogP contribution < -0.4 is 0 Å². The summed E-state index contributed by atoms with van der Waals surface area (Å²) in [4.78, 5) is 12.5. The molecule has 6 aromatic rings. The molecular weight excluding hydrogens is 401 g/mol. The molecule has 6 rings (SSSR count). The lowest BCUT2D eigenvalue weighted by atomic mass is 10.00. The van der Waals surface area contributed by atoms with Crippen molar-refractivity contribution in [1.29, 1.82) is 0 Å². The zero-order valence-electron chi connectivity index (χ0n) is 17.2. The number of aryl methyl sites for hydroxylation is 1. The molecule has 6 heteroatoms. The van der Waals surface area contributed by atoms with Crippen molar-refractivity contribution in [3.63, 3.8) is 0 Å². The monoisotopic (exact) mass is 419 g/mol. The van der Waals surface area contributed by atoms with Gasteiger partial charge in [-0.1, -0.05) is 18.2 Å². The number of benzene rings is 2. The van der Waals surface area contributed by atoms with Crippen LogP contribution in [0.15, 0.2) is 79.1 Å². The molecule has 4 heterocycles. The largest absolute Gasteiger partial charge is 0.353 e. The number of hydrogen-bond donors (Lipinski definition) is 2. The second-order valence-electron chi connectivity index (χ2n) is 7.87. The van der Waals surface area contributed by atoms with Crippen molar-refractivity contribution in [3.05, 3.63) is 90.5 Å². The first-order valence-corrected chi connectivity index (χ1v) is 10.3. The summed E-state index contributed by atoms with van der Waals surface area (Å²) < 4.78 is 14.1. The van der Waals surface area contributed by atoms with Gasteiger partial charge in [0, 0.05) is 28.9 Å². The third-order valence-corrected chi connectivity index (χ3v) is 5.64. The van der Waals surface area contributed by atoms with Gasteiger partial charge in [-0.15, -0.1) is 0 Å². The molecule has 5 nitrogen and oxygen atoms in total. The van der Waals surface area contributed by atoms with E-state index in [-0.39, 0.29) is 5.82 Å². The fraction of sp³-hybridized carbons (Fsp3) is 0.0385. The average molecular weight is 419 g/mol. The molecule has 0 aliphatic rings. The van der Waals surface area contributed by atoms with Crippen molar-refractivity contribution in [3.8, 4) is 33.8 Å². The predicted octanol–water partition coefficient (Wildman–Crippen LogP) is 6.28. The van der Waals surface area contributed by atoms with E-state index < -0.39 is 0 Å². The molecule has 154 valence electrons. The summed E-state index contributed by atoms with van der Waals surface area (Å²) in [5.74, 6) is -0.238. The van der Waals surface area contributed by atoms with E-state index in [1.807, 2.05) is 55.5 Å². The van der Waals surface area contributed by atoms with E-state index in [0.29, 0.717) is 0 Å². The highest BCUT2D eigenvalue weighted by Gasteiger charge is 2.15. The minimum absolute atomic E-state index is 0.238. The molecule has 0 unspecified atom stereocenters. The number of fused-ring (bicyclic) bond motifs is 2. The molecule has 0 amide bonds. The second-order valence-corrected chi connectivity index (χ2v) is 7.87. The molecule has 0 aliphatic heterocycles. The van der Waals surface area contributed by atoms with Gasteiger partial charge in [0.25, 0.3) is 0 Å². The Bertz CT molecular complexity index is 1580. The van der Waals surface area contributed by atoms with Crippen molar-refractivity contribution in [2.45, 2.75) is 6.92 Å². The average Bonchev–Trinajstić information content (AvgIpc) is 3.42. The fourth-order valence-corrected chi connectivity index (χ4v) is 4.19. The number of halogens is 1. The maximum atomic E-state index is 14.1. The number of hydrogen-bond acceptors (Lipinski definition) is 3. The molecule has 0 bridgehead atoms. The first-order chi connectivity index (χ1) is 15.7. The molecule has 0 saturated carbocycles. The molecule has 0 fully saturated rings. The number of nitrogens with one attached hydrogen (secondary N) is 2. The topological polar surface area (TPSA) is 70.2 Å². The molecule has 0 atom stereocenters. The minimum Gasteiger partial charge on any atom is -0.353 e. The van der Waals surface area contributed by atoms with E-state index in [0.717, 1.165) is 61.3 Å². The van der Waals surface area contributed by atoms with Gasteiger partial charge in [-0.05, 0) is 72.1 Å². The number of pyridine rings is 2. The van der Waals surface area contributed by atoms with E-state index >= 15 is 0 Å². The van der Waals surface area contributed by atoms with E-state index in [1.54, 1.807) is 18.5 Å². The summed E-state index contributed by atoms with van der Waals surface area (Å²) in [6.07, 6.45) is 3.54. The highest BCUT2D eigenvalue weighted by atomic mass is 19.1. The number of rotatable bonds is 3. The number of aromatic nitrogens is 5. The SMILES string of the molecule is Cc1cc(F)cc(-c2cccc3[nH]c(-c4n[nH]c5ccc(-c6cccnc6)nc45)cc23)c1. The van der Waals surface area contributed by atoms with Crippen LogP contribution in [0.5, 0.6) is 0 Å². The maximum Gasteiger partial charge on any atom is 0.135 e. The summed E-state index contributed by atoms with van der Waals surface area (Å²) in [5.41, 5.74) is 8.66. The molecule has 0 spiro atoms. The maximum absolute atomic E-state index is 14.1. The van der Waals surface area contributed by atoms with Gasteiger partial charge in [0.05, 0.1) is 16.9 Å². The van der Waals surface area contributed by atoms with E-state index in [2.05, 4.69) is 26.2 Å². The Hall–Kier alpha value is -4.32. The Balaban J connectivity index is 1.52. The summed E-state index contributed by atoms with van der Waals surface area (Å²) in [6, 6.07) is 21.0. The molecule has 2 N–H and O–H groups in total. The van der Waals surface area contributed by atoms with Crippen molar-refractivity contribution in [2.24, 2.45) is 0 Å². The van der Waals surface area contributed by atoms with E-state index in [1.165, 1.54) is 6.07 Å². The fourth-order valence-electron chi connectivity index (χ4n) is 4.19. The Morgan fingerprint density at radius 2 is 1.81 bits per heavy atom. The predicted molar refractivity (Wildman–Crippen MR) is 125 cm³/mol. The van der Waals surface area contributed by atoms with Crippen LogP contribution >= 0.6 is 0 Å².